The zero-order valence-electron chi connectivity index (χ0n) is 11.1. The van der Waals surface area contributed by atoms with E-state index in [9.17, 15) is 4.79 Å². The first kappa shape index (κ1) is 13.8. The zero-order chi connectivity index (χ0) is 12.7. The van der Waals surface area contributed by atoms with Gasteiger partial charge in [-0.3, -0.25) is 4.79 Å². The highest BCUT2D eigenvalue weighted by atomic mass is 16.1. The van der Waals surface area contributed by atoms with Crippen molar-refractivity contribution < 1.29 is 4.79 Å². The molecule has 0 spiro atoms. The Hall–Kier alpha value is -1.31. The number of hydrogen-bond acceptors (Lipinski definition) is 1. The summed E-state index contributed by atoms with van der Waals surface area (Å²) in [5.41, 5.74) is 2.08. The molecular formula is C15H23NO. The molecule has 1 rings (SSSR count). The molecule has 1 N–H and O–H groups in total. The van der Waals surface area contributed by atoms with Crippen LogP contribution in [0.15, 0.2) is 24.3 Å². The Morgan fingerprint density at radius 2 is 1.88 bits per heavy atom. The minimum Gasteiger partial charge on any atom is -0.326 e. The molecule has 0 aromatic heterocycles. The van der Waals surface area contributed by atoms with Gasteiger partial charge < -0.3 is 5.32 Å². The third-order valence-electron chi connectivity index (χ3n) is 2.93. The van der Waals surface area contributed by atoms with E-state index >= 15 is 0 Å². The molecule has 0 heterocycles. The summed E-state index contributed by atoms with van der Waals surface area (Å²) in [5.74, 6) is 0.324. The molecule has 0 aliphatic carbocycles. The number of rotatable bonds is 6. The fourth-order valence-electron chi connectivity index (χ4n) is 2.07. The number of carbonyl (C=O) groups is 1. The van der Waals surface area contributed by atoms with Crippen molar-refractivity contribution in [2.45, 2.75) is 46.5 Å². The van der Waals surface area contributed by atoms with Crippen molar-refractivity contribution in [2.75, 3.05) is 5.32 Å². The molecule has 0 saturated heterocycles. The van der Waals surface area contributed by atoms with Crippen molar-refractivity contribution in [1.82, 2.24) is 0 Å². The predicted molar refractivity (Wildman–Crippen MR) is 73.1 cm³/mol. The Kier molecular flexibility index (Phi) is 5.75. The van der Waals surface area contributed by atoms with E-state index < -0.39 is 0 Å². The van der Waals surface area contributed by atoms with Gasteiger partial charge in [0.1, 0.15) is 0 Å². The first-order valence-corrected chi connectivity index (χ1v) is 6.54. The second-order valence-electron chi connectivity index (χ2n) is 4.63. The van der Waals surface area contributed by atoms with Gasteiger partial charge in [0.15, 0.2) is 0 Å². The van der Waals surface area contributed by atoms with E-state index in [1.54, 1.807) is 0 Å². The molecule has 94 valence electrons. The van der Waals surface area contributed by atoms with Crippen molar-refractivity contribution in [3.63, 3.8) is 0 Å². The van der Waals surface area contributed by atoms with Gasteiger partial charge in [0.25, 0.3) is 0 Å². The van der Waals surface area contributed by atoms with Crippen molar-refractivity contribution in [3.8, 4) is 0 Å². The minimum absolute atomic E-state index is 0.158. The van der Waals surface area contributed by atoms with Crippen LogP contribution in [0.3, 0.4) is 0 Å². The molecule has 1 aromatic rings. The number of nitrogens with one attached hydrogen (secondary N) is 1. The van der Waals surface area contributed by atoms with Crippen LogP contribution in [0.5, 0.6) is 0 Å². The van der Waals surface area contributed by atoms with Gasteiger partial charge in [-0.15, -0.1) is 0 Å². The van der Waals surface area contributed by atoms with Gasteiger partial charge in [0.05, 0.1) is 0 Å². The van der Waals surface area contributed by atoms with Crippen LogP contribution in [-0.4, -0.2) is 5.91 Å². The molecular weight excluding hydrogens is 210 g/mol. The van der Waals surface area contributed by atoms with Crippen LogP contribution in [0, 0.1) is 12.8 Å². The van der Waals surface area contributed by atoms with E-state index in [1.165, 1.54) is 5.56 Å². The highest BCUT2D eigenvalue weighted by molar-refractivity contribution is 5.92. The Morgan fingerprint density at radius 3 is 2.41 bits per heavy atom. The van der Waals surface area contributed by atoms with E-state index in [0.717, 1.165) is 31.4 Å². The molecule has 0 bridgehead atoms. The number of amides is 1. The molecule has 0 atom stereocenters. The quantitative estimate of drug-likeness (QED) is 0.785. The van der Waals surface area contributed by atoms with Gasteiger partial charge >= 0.3 is 0 Å². The second-order valence-corrected chi connectivity index (χ2v) is 4.63. The number of benzene rings is 1. The van der Waals surface area contributed by atoms with Crippen molar-refractivity contribution in [3.05, 3.63) is 29.8 Å². The lowest BCUT2D eigenvalue weighted by Gasteiger charge is -2.15. The Morgan fingerprint density at radius 1 is 1.24 bits per heavy atom. The number of carbonyl (C=O) groups excluding carboxylic acids is 1. The SMILES string of the molecule is CCCC(CCC)C(=O)Nc1cccc(C)c1. The smallest absolute Gasteiger partial charge is 0.227 e. The molecule has 0 radical (unpaired) electrons. The summed E-state index contributed by atoms with van der Waals surface area (Å²) in [6.07, 6.45) is 4.08. The van der Waals surface area contributed by atoms with E-state index in [4.69, 9.17) is 0 Å². The maximum Gasteiger partial charge on any atom is 0.227 e. The lowest BCUT2D eigenvalue weighted by molar-refractivity contribution is -0.120. The summed E-state index contributed by atoms with van der Waals surface area (Å²) in [6.45, 7) is 6.29. The first-order valence-electron chi connectivity index (χ1n) is 6.54. The molecule has 0 aliphatic rings. The van der Waals surface area contributed by atoms with E-state index in [1.807, 2.05) is 31.2 Å². The molecule has 2 nitrogen and oxygen atoms in total. The van der Waals surface area contributed by atoms with Crippen molar-refractivity contribution in [1.29, 1.82) is 0 Å². The number of hydrogen-bond donors (Lipinski definition) is 1. The normalized spacial score (nSPS) is 10.6. The van der Waals surface area contributed by atoms with Crippen LogP contribution in [0.1, 0.15) is 45.1 Å². The highest BCUT2D eigenvalue weighted by Gasteiger charge is 2.16. The topological polar surface area (TPSA) is 29.1 Å². The first-order chi connectivity index (χ1) is 8.17. The van der Waals surface area contributed by atoms with Gasteiger partial charge in [0.2, 0.25) is 5.91 Å². The third kappa shape index (κ3) is 4.59. The third-order valence-corrected chi connectivity index (χ3v) is 2.93. The van der Waals surface area contributed by atoms with Crippen molar-refractivity contribution in [2.24, 2.45) is 5.92 Å². The Labute approximate surface area is 104 Å². The van der Waals surface area contributed by atoms with Crippen LogP contribution in [0.2, 0.25) is 0 Å². The molecule has 0 unspecified atom stereocenters. The fraction of sp³-hybridized carbons (Fsp3) is 0.533. The van der Waals surface area contributed by atoms with Crippen LogP contribution >= 0.6 is 0 Å². The minimum atomic E-state index is 0.158. The van der Waals surface area contributed by atoms with Crippen LogP contribution < -0.4 is 5.32 Å². The van der Waals surface area contributed by atoms with Gasteiger partial charge in [-0.1, -0.05) is 38.8 Å². The summed E-state index contributed by atoms with van der Waals surface area (Å²) in [7, 11) is 0. The molecule has 0 aliphatic heterocycles. The summed E-state index contributed by atoms with van der Waals surface area (Å²) in [5, 5.41) is 3.01. The van der Waals surface area contributed by atoms with Crippen LogP contribution in [0.25, 0.3) is 0 Å². The second kappa shape index (κ2) is 7.10. The van der Waals surface area contributed by atoms with Crippen LogP contribution in [-0.2, 0) is 4.79 Å². The van der Waals surface area contributed by atoms with Crippen molar-refractivity contribution >= 4 is 11.6 Å². The average Bonchev–Trinajstić information content (AvgIpc) is 2.28. The number of aryl methyl sites for hydroxylation is 1. The summed E-state index contributed by atoms with van der Waals surface area (Å²) < 4.78 is 0. The monoisotopic (exact) mass is 233 g/mol. The largest absolute Gasteiger partial charge is 0.326 e. The summed E-state index contributed by atoms with van der Waals surface area (Å²) >= 11 is 0. The lowest BCUT2D eigenvalue weighted by atomic mass is 9.97. The van der Waals surface area contributed by atoms with Gasteiger partial charge in [-0.2, -0.15) is 0 Å². The van der Waals surface area contributed by atoms with Gasteiger partial charge in [0, 0.05) is 11.6 Å². The summed E-state index contributed by atoms with van der Waals surface area (Å²) in [6, 6.07) is 7.96. The number of anilines is 1. The Bertz CT molecular complexity index is 354. The van der Waals surface area contributed by atoms with E-state index in [0.29, 0.717) is 0 Å². The molecule has 0 saturated carbocycles. The maximum absolute atomic E-state index is 12.1. The standard InChI is InChI=1S/C15H23NO/c1-4-7-13(8-5-2)15(17)16-14-10-6-9-12(3)11-14/h6,9-11,13H,4-5,7-8H2,1-3H3,(H,16,17). The van der Waals surface area contributed by atoms with Gasteiger partial charge in [-0.25, -0.2) is 0 Å². The van der Waals surface area contributed by atoms with Gasteiger partial charge in [-0.05, 0) is 37.5 Å². The van der Waals surface area contributed by atoms with Crippen LogP contribution in [0.4, 0.5) is 5.69 Å². The lowest BCUT2D eigenvalue weighted by Crippen LogP contribution is -2.22. The average molecular weight is 233 g/mol. The molecule has 17 heavy (non-hydrogen) atoms. The van der Waals surface area contributed by atoms with E-state index in [2.05, 4.69) is 19.2 Å². The van der Waals surface area contributed by atoms with E-state index in [-0.39, 0.29) is 11.8 Å². The predicted octanol–water partition coefficient (Wildman–Crippen LogP) is 4.15. The highest BCUT2D eigenvalue weighted by Crippen LogP contribution is 2.17. The fourth-order valence-corrected chi connectivity index (χ4v) is 2.07. The summed E-state index contributed by atoms with van der Waals surface area (Å²) in [4.78, 5) is 12.1. The molecule has 0 fully saturated rings. The molecule has 1 aromatic carbocycles. The maximum atomic E-state index is 12.1. The molecule has 1 amide bonds. The Balaban J connectivity index is 2.62. The zero-order valence-corrected chi connectivity index (χ0v) is 11.1. The molecule has 2 heteroatoms.